The fraction of sp³-hybridized carbons (Fsp3) is 0.286. The van der Waals surface area contributed by atoms with Gasteiger partial charge in [-0.15, -0.1) is 0 Å². The number of hydrogen-bond donors (Lipinski definition) is 1. The number of carbonyl (C=O) groups is 1. The summed E-state index contributed by atoms with van der Waals surface area (Å²) in [4.78, 5) is 13.8. The third kappa shape index (κ3) is 3.48. The highest BCUT2D eigenvalue weighted by Crippen LogP contribution is 2.31. The van der Waals surface area contributed by atoms with E-state index in [1.165, 1.54) is 0 Å². The Morgan fingerprint density at radius 2 is 2.00 bits per heavy atom. The Labute approximate surface area is 157 Å². The van der Waals surface area contributed by atoms with Crippen LogP contribution in [0.3, 0.4) is 0 Å². The van der Waals surface area contributed by atoms with Crippen molar-refractivity contribution in [3.63, 3.8) is 0 Å². The van der Waals surface area contributed by atoms with Gasteiger partial charge in [-0.25, -0.2) is 0 Å². The maximum atomic E-state index is 12.1. The number of nitrogens with one attached hydrogen (secondary N) is 1. The lowest BCUT2D eigenvalue weighted by molar-refractivity contribution is -0.119. The van der Waals surface area contributed by atoms with Gasteiger partial charge in [0.15, 0.2) is 0 Å². The molecule has 0 saturated heterocycles. The first-order chi connectivity index (χ1) is 13.2. The van der Waals surface area contributed by atoms with E-state index in [1.54, 1.807) is 19.1 Å². The van der Waals surface area contributed by atoms with Gasteiger partial charge in [0.1, 0.15) is 23.8 Å². The molecule has 1 N–H and O–H groups in total. The number of benzene rings is 2. The van der Waals surface area contributed by atoms with Crippen molar-refractivity contribution in [2.45, 2.75) is 19.4 Å². The van der Waals surface area contributed by atoms with Crippen LogP contribution in [0.1, 0.15) is 17.7 Å². The van der Waals surface area contributed by atoms with Gasteiger partial charge in [0.25, 0.3) is 0 Å². The normalized spacial score (nSPS) is 13.7. The summed E-state index contributed by atoms with van der Waals surface area (Å²) in [5.74, 6) is 1.77. The van der Waals surface area contributed by atoms with Gasteiger partial charge in [0, 0.05) is 30.3 Å². The molecule has 2 aromatic carbocycles. The topological polar surface area (TPSA) is 63.9 Å². The predicted octanol–water partition coefficient (Wildman–Crippen LogP) is 3.94. The fourth-order valence-corrected chi connectivity index (χ4v) is 3.42. The number of rotatable bonds is 6. The molecule has 4 rings (SSSR count). The molecular formula is C21H22N2O4. The molecule has 0 radical (unpaired) electrons. The summed E-state index contributed by atoms with van der Waals surface area (Å²) < 4.78 is 16.3. The molecule has 1 aromatic heterocycles. The largest absolute Gasteiger partial charge is 0.497 e. The second-order valence-corrected chi connectivity index (χ2v) is 6.55. The van der Waals surface area contributed by atoms with Crippen LogP contribution in [0.2, 0.25) is 0 Å². The lowest BCUT2D eigenvalue weighted by Crippen LogP contribution is -2.36. The van der Waals surface area contributed by atoms with Gasteiger partial charge in [-0.05, 0) is 54.4 Å². The molecule has 3 aromatic rings. The van der Waals surface area contributed by atoms with Gasteiger partial charge in [-0.2, -0.15) is 0 Å². The average Bonchev–Trinajstić information content (AvgIpc) is 3.10. The van der Waals surface area contributed by atoms with Crippen LogP contribution in [0.15, 0.2) is 46.9 Å². The maximum Gasteiger partial charge on any atom is 0.229 e. The number of methoxy groups -OCH3 is 2. The number of amides is 1. The number of anilines is 2. The minimum atomic E-state index is 0.0998. The van der Waals surface area contributed by atoms with Crippen LogP contribution in [-0.2, 0) is 22.5 Å². The number of hydrogen-bond acceptors (Lipinski definition) is 5. The van der Waals surface area contributed by atoms with Crippen molar-refractivity contribution in [2.75, 3.05) is 31.2 Å². The van der Waals surface area contributed by atoms with Crippen LogP contribution in [0, 0.1) is 0 Å². The summed E-state index contributed by atoms with van der Waals surface area (Å²) in [6.45, 7) is 0.859. The zero-order chi connectivity index (χ0) is 18.8. The number of furan rings is 1. The zero-order valence-electron chi connectivity index (χ0n) is 15.5. The van der Waals surface area contributed by atoms with E-state index >= 15 is 0 Å². The fourth-order valence-electron chi connectivity index (χ4n) is 3.42. The first kappa shape index (κ1) is 17.4. The third-order valence-electron chi connectivity index (χ3n) is 4.78. The van der Waals surface area contributed by atoms with E-state index in [2.05, 4.69) is 11.4 Å². The molecular weight excluding hydrogens is 344 g/mol. The number of fused-ring (bicyclic) bond motifs is 2. The average molecular weight is 366 g/mol. The van der Waals surface area contributed by atoms with Crippen molar-refractivity contribution in [1.29, 1.82) is 0 Å². The summed E-state index contributed by atoms with van der Waals surface area (Å²) in [5, 5.41) is 4.42. The molecule has 1 amide bonds. The Hall–Kier alpha value is -2.99. The first-order valence-electron chi connectivity index (χ1n) is 8.90. The van der Waals surface area contributed by atoms with Gasteiger partial charge in [0.2, 0.25) is 5.91 Å². The lowest BCUT2D eigenvalue weighted by atomic mass is 10.0. The summed E-state index contributed by atoms with van der Waals surface area (Å²) in [6, 6.07) is 13.8. The van der Waals surface area contributed by atoms with Crippen LogP contribution in [0.25, 0.3) is 11.0 Å². The number of ether oxygens (including phenoxy) is 2. The Kier molecular flexibility index (Phi) is 4.73. The van der Waals surface area contributed by atoms with Gasteiger partial charge >= 0.3 is 0 Å². The van der Waals surface area contributed by atoms with Crippen molar-refractivity contribution in [2.24, 2.45) is 0 Å². The standard InChI is InChI=1S/C21H22N2O4/c1-25-13-23-19-6-4-16(9-14(19)3-8-21(23)24)22-12-18-11-15-10-17(26-2)5-7-20(15)27-18/h4-7,9-11,22H,3,8,12-13H2,1-2H3. The SMILES string of the molecule is COCN1C(=O)CCc2cc(NCc3cc4cc(OC)ccc4o3)ccc21. The van der Waals surface area contributed by atoms with E-state index in [0.29, 0.717) is 13.0 Å². The molecule has 6 heteroatoms. The van der Waals surface area contributed by atoms with Crippen molar-refractivity contribution in [3.05, 3.63) is 53.8 Å². The van der Waals surface area contributed by atoms with Crippen molar-refractivity contribution < 1.29 is 18.7 Å². The molecule has 27 heavy (non-hydrogen) atoms. The molecule has 1 aliphatic heterocycles. The molecule has 0 aliphatic carbocycles. The van der Waals surface area contributed by atoms with E-state index in [-0.39, 0.29) is 12.6 Å². The molecule has 1 aliphatic rings. The van der Waals surface area contributed by atoms with Gasteiger partial charge in [0.05, 0.1) is 13.7 Å². The second kappa shape index (κ2) is 7.32. The van der Waals surface area contributed by atoms with E-state index in [4.69, 9.17) is 13.9 Å². The van der Waals surface area contributed by atoms with E-state index < -0.39 is 0 Å². The predicted molar refractivity (Wildman–Crippen MR) is 104 cm³/mol. The Bertz CT molecular complexity index is 979. The lowest BCUT2D eigenvalue weighted by Gasteiger charge is -2.29. The zero-order valence-corrected chi connectivity index (χ0v) is 15.5. The molecule has 0 unspecified atom stereocenters. The van der Waals surface area contributed by atoms with Crippen LogP contribution in [0.4, 0.5) is 11.4 Å². The first-order valence-corrected chi connectivity index (χ1v) is 8.90. The molecule has 0 bridgehead atoms. The van der Waals surface area contributed by atoms with Gasteiger partial charge in [-0.1, -0.05) is 0 Å². The van der Waals surface area contributed by atoms with E-state index in [0.717, 1.165) is 45.8 Å². The minimum absolute atomic E-state index is 0.0998. The van der Waals surface area contributed by atoms with E-state index in [1.807, 2.05) is 36.4 Å². The third-order valence-corrected chi connectivity index (χ3v) is 4.78. The number of carbonyl (C=O) groups excluding carboxylic acids is 1. The van der Waals surface area contributed by atoms with Gasteiger partial charge < -0.3 is 19.2 Å². The molecule has 0 saturated carbocycles. The van der Waals surface area contributed by atoms with E-state index in [9.17, 15) is 4.79 Å². The Balaban J connectivity index is 1.50. The molecule has 140 valence electrons. The van der Waals surface area contributed by atoms with Crippen molar-refractivity contribution >= 4 is 28.3 Å². The van der Waals surface area contributed by atoms with Crippen molar-refractivity contribution in [1.82, 2.24) is 0 Å². The van der Waals surface area contributed by atoms with Crippen LogP contribution >= 0.6 is 0 Å². The van der Waals surface area contributed by atoms with Crippen LogP contribution in [-0.4, -0.2) is 26.9 Å². The second-order valence-electron chi connectivity index (χ2n) is 6.55. The molecule has 0 atom stereocenters. The maximum absolute atomic E-state index is 12.1. The molecule has 0 fully saturated rings. The van der Waals surface area contributed by atoms with Crippen LogP contribution in [0.5, 0.6) is 5.75 Å². The summed E-state index contributed by atoms with van der Waals surface area (Å²) in [6.07, 6.45) is 1.25. The van der Waals surface area contributed by atoms with Crippen LogP contribution < -0.4 is 15.0 Å². The minimum Gasteiger partial charge on any atom is -0.497 e. The number of aryl methyl sites for hydroxylation is 1. The summed E-state index contributed by atoms with van der Waals surface area (Å²) >= 11 is 0. The highest BCUT2D eigenvalue weighted by atomic mass is 16.5. The smallest absolute Gasteiger partial charge is 0.229 e. The summed E-state index contributed by atoms with van der Waals surface area (Å²) in [5.41, 5.74) is 3.91. The highest BCUT2D eigenvalue weighted by molar-refractivity contribution is 5.96. The Morgan fingerprint density at radius 3 is 2.81 bits per heavy atom. The van der Waals surface area contributed by atoms with Gasteiger partial charge in [-0.3, -0.25) is 9.69 Å². The number of nitrogens with zero attached hydrogens (tertiary/aromatic N) is 1. The monoisotopic (exact) mass is 366 g/mol. The Morgan fingerprint density at radius 1 is 1.11 bits per heavy atom. The molecule has 0 spiro atoms. The molecule has 6 nitrogen and oxygen atoms in total. The summed E-state index contributed by atoms with van der Waals surface area (Å²) in [7, 11) is 3.25. The highest BCUT2D eigenvalue weighted by Gasteiger charge is 2.24. The quantitative estimate of drug-likeness (QED) is 0.716. The van der Waals surface area contributed by atoms with Crippen molar-refractivity contribution in [3.8, 4) is 5.75 Å². The molecule has 2 heterocycles.